The van der Waals surface area contributed by atoms with E-state index < -0.39 is 0 Å². The van der Waals surface area contributed by atoms with Crippen LogP contribution in [0.3, 0.4) is 0 Å². The Kier molecular flexibility index (Phi) is 5.44. The first-order valence-electron chi connectivity index (χ1n) is 9.64. The van der Waals surface area contributed by atoms with E-state index in [1.54, 1.807) is 17.5 Å². The summed E-state index contributed by atoms with van der Waals surface area (Å²) in [4.78, 5) is 29.4. The van der Waals surface area contributed by atoms with E-state index in [9.17, 15) is 4.79 Å². The highest BCUT2D eigenvalue weighted by atomic mass is 32.1. The number of aryl methyl sites for hydroxylation is 2. The summed E-state index contributed by atoms with van der Waals surface area (Å²) in [5, 5.41) is 7.21. The van der Waals surface area contributed by atoms with Crippen LogP contribution in [-0.2, 0) is 0 Å². The zero-order valence-electron chi connectivity index (χ0n) is 16.8. The summed E-state index contributed by atoms with van der Waals surface area (Å²) in [6.07, 6.45) is 2.66. The first-order valence-corrected chi connectivity index (χ1v) is 10.5. The van der Waals surface area contributed by atoms with Gasteiger partial charge in [0.15, 0.2) is 0 Å². The molecular weight excluding hydrogens is 384 g/mol. The molecule has 1 unspecified atom stereocenters. The van der Waals surface area contributed by atoms with E-state index in [0.717, 1.165) is 39.9 Å². The van der Waals surface area contributed by atoms with Crippen LogP contribution in [0, 0.1) is 13.8 Å². The van der Waals surface area contributed by atoms with E-state index in [-0.39, 0.29) is 11.9 Å². The number of carbonyl (C=O) groups excluding carboxylic acids is 1. The van der Waals surface area contributed by atoms with Gasteiger partial charge in [-0.3, -0.25) is 4.79 Å². The number of rotatable bonds is 5. The fraction of sp³-hybridized carbons (Fsp3) is 0.333. The third kappa shape index (κ3) is 4.22. The van der Waals surface area contributed by atoms with Crippen molar-refractivity contribution in [3.05, 3.63) is 52.8 Å². The van der Waals surface area contributed by atoms with Gasteiger partial charge in [-0.25, -0.2) is 15.0 Å². The lowest BCUT2D eigenvalue weighted by atomic mass is 10.1. The lowest BCUT2D eigenvalue weighted by Gasteiger charge is -2.17. The Morgan fingerprint density at radius 2 is 1.97 bits per heavy atom. The van der Waals surface area contributed by atoms with Crippen molar-refractivity contribution in [2.45, 2.75) is 26.3 Å². The monoisotopic (exact) mass is 408 g/mol. The first-order chi connectivity index (χ1) is 14.0. The highest BCUT2D eigenvalue weighted by molar-refractivity contribution is 7.15. The Morgan fingerprint density at radius 3 is 2.66 bits per heavy atom. The van der Waals surface area contributed by atoms with Crippen molar-refractivity contribution in [1.82, 2.24) is 20.3 Å². The molecule has 1 aliphatic heterocycles. The van der Waals surface area contributed by atoms with Gasteiger partial charge in [-0.2, -0.15) is 0 Å². The number of nitrogens with one attached hydrogen (secondary N) is 2. The van der Waals surface area contributed by atoms with Crippen molar-refractivity contribution in [3.8, 4) is 10.6 Å². The molecule has 0 radical (unpaired) electrons. The summed E-state index contributed by atoms with van der Waals surface area (Å²) in [6.45, 7) is 5.52. The maximum Gasteiger partial charge on any atom is 0.251 e. The largest absolute Gasteiger partial charge is 0.388 e. The van der Waals surface area contributed by atoms with Gasteiger partial charge in [-0.1, -0.05) is 0 Å². The van der Waals surface area contributed by atoms with Crippen LogP contribution in [-0.4, -0.2) is 47.0 Å². The zero-order valence-corrected chi connectivity index (χ0v) is 17.6. The average Bonchev–Trinajstić information content (AvgIpc) is 3.34. The minimum Gasteiger partial charge on any atom is -0.388 e. The highest BCUT2D eigenvalue weighted by Crippen LogP contribution is 2.29. The van der Waals surface area contributed by atoms with Gasteiger partial charge in [-0.05, 0) is 50.6 Å². The molecule has 1 amide bonds. The molecule has 0 spiro atoms. The summed E-state index contributed by atoms with van der Waals surface area (Å²) >= 11 is 1.65. The second-order valence-corrected chi connectivity index (χ2v) is 8.32. The predicted molar refractivity (Wildman–Crippen MR) is 117 cm³/mol. The molecule has 2 N–H and O–H groups in total. The second-order valence-electron chi connectivity index (χ2n) is 7.12. The van der Waals surface area contributed by atoms with Crippen LogP contribution >= 0.6 is 11.3 Å². The SMILES string of the molecule is CNc1ccc(C(=O)NC2CCN(c3nccc(-c4sc(C)nc4C)n3)C2)cc1. The van der Waals surface area contributed by atoms with Gasteiger partial charge >= 0.3 is 0 Å². The van der Waals surface area contributed by atoms with Crippen LogP contribution in [0.15, 0.2) is 36.5 Å². The van der Waals surface area contributed by atoms with Gasteiger partial charge in [0.2, 0.25) is 5.95 Å². The second kappa shape index (κ2) is 8.16. The molecule has 0 bridgehead atoms. The molecule has 2 aromatic heterocycles. The molecule has 1 aromatic carbocycles. The van der Waals surface area contributed by atoms with E-state index in [1.165, 1.54) is 0 Å². The molecule has 1 aliphatic rings. The van der Waals surface area contributed by atoms with Gasteiger partial charge < -0.3 is 15.5 Å². The number of aromatic nitrogens is 3. The molecule has 4 rings (SSSR count). The quantitative estimate of drug-likeness (QED) is 0.674. The summed E-state index contributed by atoms with van der Waals surface area (Å²) in [7, 11) is 1.86. The van der Waals surface area contributed by atoms with E-state index in [0.29, 0.717) is 18.1 Å². The number of benzene rings is 1. The van der Waals surface area contributed by atoms with Crippen molar-refractivity contribution in [2.75, 3.05) is 30.4 Å². The summed E-state index contributed by atoms with van der Waals surface area (Å²) in [5.74, 6) is 0.646. The molecule has 29 heavy (non-hydrogen) atoms. The highest BCUT2D eigenvalue weighted by Gasteiger charge is 2.26. The maximum absolute atomic E-state index is 12.5. The van der Waals surface area contributed by atoms with Crippen LogP contribution in [0.1, 0.15) is 27.5 Å². The molecule has 0 aliphatic carbocycles. The molecule has 1 saturated heterocycles. The zero-order chi connectivity index (χ0) is 20.4. The van der Waals surface area contributed by atoms with Crippen molar-refractivity contribution in [2.24, 2.45) is 0 Å². The minimum atomic E-state index is -0.0510. The van der Waals surface area contributed by atoms with Gasteiger partial charge in [0.05, 0.1) is 21.3 Å². The van der Waals surface area contributed by atoms with E-state index in [4.69, 9.17) is 4.98 Å². The molecule has 8 heteroatoms. The Labute approximate surface area is 174 Å². The third-order valence-corrected chi connectivity index (χ3v) is 6.12. The van der Waals surface area contributed by atoms with Crippen molar-refractivity contribution < 1.29 is 4.79 Å². The van der Waals surface area contributed by atoms with Crippen LogP contribution in [0.5, 0.6) is 0 Å². The van der Waals surface area contributed by atoms with E-state index >= 15 is 0 Å². The van der Waals surface area contributed by atoms with E-state index in [2.05, 4.69) is 25.5 Å². The normalized spacial score (nSPS) is 16.1. The fourth-order valence-corrected chi connectivity index (χ4v) is 4.40. The smallest absolute Gasteiger partial charge is 0.251 e. The van der Waals surface area contributed by atoms with Crippen molar-refractivity contribution in [1.29, 1.82) is 0 Å². The molecule has 7 nitrogen and oxygen atoms in total. The first kappa shape index (κ1) is 19.3. The maximum atomic E-state index is 12.5. The number of anilines is 2. The summed E-state index contributed by atoms with van der Waals surface area (Å²) in [5.41, 5.74) is 3.54. The molecule has 1 atom stereocenters. The Hall–Kier alpha value is -3.00. The topological polar surface area (TPSA) is 83.0 Å². The van der Waals surface area contributed by atoms with Crippen LogP contribution in [0.25, 0.3) is 10.6 Å². The Bertz CT molecular complexity index is 1020. The minimum absolute atomic E-state index is 0.0510. The molecule has 0 saturated carbocycles. The molecule has 150 valence electrons. The fourth-order valence-electron chi connectivity index (χ4n) is 3.51. The summed E-state index contributed by atoms with van der Waals surface area (Å²) < 4.78 is 0. The van der Waals surface area contributed by atoms with Crippen LogP contribution < -0.4 is 15.5 Å². The van der Waals surface area contributed by atoms with Gasteiger partial charge in [0, 0.05) is 43.6 Å². The lowest BCUT2D eigenvalue weighted by molar-refractivity contribution is 0.0940. The number of carbonyl (C=O) groups is 1. The number of hydrogen-bond donors (Lipinski definition) is 2. The average molecular weight is 409 g/mol. The van der Waals surface area contributed by atoms with E-state index in [1.807, 2.05) is 51.2 Å². The Morgan fingerprint density at radius 1 is 1.17 bits per heavy atom. The molecule has 3 aromatic rings. The van der Waals surface area contributed by atoms with Gasteiger partial charge in [0.25, 0.3) is 5.91 Å². The van der Waals surface area contributed by atoms with Crippen LogP contribution in [0.4, 0.5) is 11.6 Å². The number of hydrogen-bond acceptors (Lipinski definition) is 7. The molecular formula is C21H24N6OS. The van der Waals surface area contributed by atoms with Gasteiger partial charge in [-0.15, -0.1) is 11.3 Å². The summed E-state index contributed by atoms with van der Waals surface area (Å²) in [6, 6.07) is 9.47. The predicted octanol–water partition coefficient (Wildman–Crippen LogP) is 3.27. The number of thiazole rings is 1. The molecule has 3 heterocycles. The molecule has 1 fully saturated rings. The standard InChI is InChI=1S/C21H24N6OS/c1-13-19(29-14(2)24-13)18-8-10-23-21(26-18)27-11-9-17(12-27)25-20(28)15-4-6-16(22-3)7-5-15/h4-8,10,17,22H,9,11-12H2,1-3H3,(H,25,28). The Balaban J connectivity index is 1.42. The number of amides is 1. The van der Waals surface area contributed by atoms with Crippen LogP contribution in [0.2, 0.25) is 0 Å². The number of nitrogens with zero attached hydrogens (tertiary/aromatic N) is 4. The third-order valence-electron chi connectivity index (χ3n) is 5.02. The van der Waals surface area contributed by atoms with Crippen molar-refractivity contribution in [3.63, 3.8) is 0 Å². The lowest BCUT2D eigenvalue weighted by Crippen LogP contribution is -2.37. The van der Waals surface area contributed by atoms with Gasteiger partial charge in [0.1, 0.15) is 0 Å². The van der Waals surface area contributed by atoms with Crippen molar-refractivity contribution >= 4 is 28.9 Å².